The molecule has 1 atom stereocenters. The molecule has 2 N–H and O–H groups in total. The molecule has 0 saturated carbocycles. The Hall–Kier alpha value is -2.15. The summed E-state index contributed by atoms with van der Waals surface area (Å²) in [5, 5.41) is 15.8. The zero-order chi connectivity index (χ0) is 16.7. The van der Waals surface area contributed by atoms with E-state index in [1.807, 2.05) is 36.7 Å². The minimum atomic E-state index is -0.537. The van der Waals surface area contributed by atoms with Crippen molar-refractivity contribution in [3.8, 4) is 0 Å². The van der Waals surface area contributed by atoms with Crippen LogP contribution in [0, 0.1) is 5.21 Å². The standard InChI is InChI=1S/C16H21N3O3S/c1-22-16(20)18-13(11-23-2)10-19(21)8-7-12-9-17-15-6-4-3-5-14(12)15/h3-6,9-10,13,17H,7-8,11H2,1-2H3,(H,18,20)/b19-10-. The third-order valence-corrected chi connectivity index (χ3v) is 4.15. The van der Waals surface area contributed by atoms with Gasteiger partial charge in [-0.05, 0) is 17.9 Å². The van der Waals surface area contributed by atoms with Gasteiger partial charge < -0.3 is 20.2 Å². The number of para-hydroxylation sites is 1. The summed E-state index contributed by atoms with van der Waals surface area (Å²) in [4.78, 5) is 14.5. The fourth-order valence-electron chi connectivity index (χ4n) is 2.36. The van der Waals surface area contributed by atoms with E-state index >= 15 is 0 Å². The zero-order valence-electron chi connectivity index (χ0n) is 13.2. The molecule has 0 saturated heterocycles. The Morgan fingerprint density at radius 3 is 3.04 bits per heavy atom. The number of rotatable bonds is 7. The van der Waals surface area contributed by atoms with Gasteiger partial charge in [0.2, 0.25) is 0 Å². The number of H-pyrrole nitrogens is 1. The van der Waals surface area contributed by atoms with Crippen LogP contribution in [0.25, 0.3) is 10.9 Å². The summed E-state index contributed by atoms with van der Waals surface area (Å²) >= 11 is 1.55. The van der Waals surface area contributed by atoms with Crippen LogP contribution in [0.15, 0.2) is 30.5 Å². The van der Waals surface area contributed by atoms with Crippen molar-refractivity contribution < 1.29 is 14.3 Å². The molecule has 23 heavy (non-hydrogen) atoms. The number of methoxy groups -OCH3 is 1. The summed E-state index contributed by atoms with van der Waals surface area (Å²) in [5.74, 6) is 0.612. The van der Waals surface area contributed by atoms with Crippen molar-refractivity contribution in [1.82, 2.24) is 10.3 Å². The molecule has 1 amide bonds. The lowest BCUT2D eigenvalue weighted by molar-refractivity contribution is -0.453. The van der Waals surface area contributed by atoms with E-state index in [1.54, 1.807) is 11.8 Å². The maximum atomic E-state index is 12.1. The number of nitrogens with zero attached hydrogens (tertiary/aromatic N) is 1. The number of aromatic nitrogens is 1. The molecule has 0 spiro atoms. The van der Waals surface area contributed by atoms with Crippen LogP contribution >= 0.6 is 11.8 Å². The molecule has 0 aliphatic carbocycles. The van der Waals surface area contributed by atoms with Crippen LogP contribution in [0.3, 0.4) is 0 Å². The highest BCUT2D eigenvalue weighted by atomic mass is 32.2. The van der Waals surface area contributed by atoms with Crippen molar-refractivity contribution in [1.29, 1.82) is 0 Å². The average Bonchev–Trinajstić information content (AvgIpc) is 2.96. The first-order chi connectivity index (χ1) is 11.1. The molecule has 0 aliphatic rings. The SMILES string of the molecule is COC(=O)NC(/C=[N+](\[O-])CCc1c[nH]c2ccccc12)CSC. The topological polar surface area (TPSA) is 80.2 Å². The Kier molecular flexibility index (Phi) is 6.34. The zero-order valence-corrected chi connectivity index (χ0v) is 14.1. The van der Waals surface area contributed by atoms with Gasteiger partial charge in [-0.1, -0.05) is 18.2 Å². The molecular weight excluding hydrogens is 314 g/mol. The summed E-state index contributed by atoms with van der Waals surface area (Å²) in [6, 6.07) is 7.65. The van der Waals surface area contributed by atoms with E-state index in [0.717, 1.165) is 21.2 Å². The first kappa shape index (κ1) is 17.2. The molecule has 2 aromatic rings. The summed E-state index contributed by atoms with van der Waals surface area (Å²) in [7, 11) is 1.30. The second-order valence-corrected chi connectivity index (χ2v) is 6.01. The van der Waals surface area contributed by atoms with E-state index in [9.17, 15) is 10.0 Å². The van der Waals surface area contributed by atoms with Gasteiger partial charge in [-0.25, -0.2) is 9.53 Å². The van der Waals surface area contributed by atoms with Gasteiger partial charge in [0.25, 0.3) is 0 Å². The van der Waals surface area contributed by atoms with E-state index in [2.05, 4.69) is 15.0 Å². The molecule has 1 unspecified atom stereocenters. The van der Waals surface area contributed by atoms with E-state index in [4.69, 9.17) is 0 Å². The number of alkyl carbamates (subject to hydrolysis) is 1. The smallest absolute Gasteiger partial charge is 0.407 e. The molecule has 0 bridgehead atoms. The van der Waals surface area contributed by atoms with Crippen LogP contribution in [0.1, 0.15) is 5.56 Å². The number of hydrogen-bond acceptors (Lipinski definition) is 4. The Morgan fingerprint density at radius 1 is 1.52 bits per heavy atom. The van der Waals surface area contributed by atoms with Gasteiger partial charge in [-0.15, -0.1) is 0 Å². The molecule has 6 nitrogen and oxygen atoms in total. The highest BCUT2D eigenvalue weighted by Crippen LogP contribution is 2.17. The number of aromatic amines is 1. The molecule has 1 aromatic carbocycles. The second kappa shape index (κ2) is 8.47. The number of carbonyl (C=O) groups excluding carboxylic acids is 1. The Balaban J connectivity index is 1.98. The highest BCUT2D eigenvalue weighted by Gasteiger charge is 2.13. The highest BCUT2D eigenvalue weighted by molar-refractivity contribution is 7.98. The third-order valence-electron chi connectivity index (χ3n) is 3.46. The number of ether oxygens (including phenoxy) is 1. The Labute approximate surface area is 139 Å². The molecule has 0 fully saturated rings. The quantitative estimate of drug-likeness (QED) is 0.352. The number of hydroxylamine groups is 1. The number of fused-ring (bicyclic) bond motifs is 1. The van der Waals surface area contributed by atoms with Crippen molar-refractivity contribution >= 4 is 35.0 Å². The first-order valence-corrected chi connectivity index (χ1v) is 8.70. The largest absolute Gasteiger partial charge is 0.624 e. The predicted octanol–water partition coefficient (Wildman–Crippen LogP) is 2.38. The fraction of sp³-hybridized carbons (Fsp3) is 0.375. The average molecular weight is 335 g/mol. The minimum absolute atomic E-state index is 0.329. The van der Waals surface area contributed by atoms with Gasteiger partial charge in [0.15, 0.2) is 12.8 Å². The van der Waals surface area contributed by atoms with Crippen molar-refractivity contribution in [3.05, 3.63) is 41.2 Å². The predicted molar refractivity (Wildman–Crippen MR) is 94.3 cm³/mol. The lowest BCUT2D eigenvalue weighted by Crippen LogP contribution is -2.39. The van der Waals surface area contributed by atoms with Crippen LogP contribution in [0.4, 0.5) is 4.79 Å². The lowest BCUT2D eigenvalue weighted by atomic mass is 10.1. The number of thioether (sulfide) groups is 1. The fourth-order valence-corrected chi connectivity index (χ4v) is 2.88. The summed E-state index contributed by atoms with van der Waals surface area (Å²) in [6.07, 6.45) is 5.44. The number of carbonyl (C=O) groups is 1. The van der Waals surface area contributed by atoms with Crippen molar-refractivity contribution in [2.24, 2.45) is 0 Å². The van der Waals surface area contributed by atoms with Crippen molar-refractivity contribution in [2.45, 2.75) is 12.5 Å². The second-order valence-electron chi connectivity index (χ2n) is 5.10. The minimum Gasteiger partial charge on any atom is -0.624 e. The number of amides is 1. The number of hydrogen-bond donors (Lipinski definition) is 2. The number of nitrogens with one attached hydrogen (secondary N) is 2. The summed E-state index contributed by atoms with van der Waals surface area (Å²) < 4.78 is 5.45. The van der Waals surface area contributed by atoms with E-state index in [-0.39, 0.29) is 6.04 Å². The normalized spacial score (nSPS) is 13.0. The maximum absolute atomic E-state index is 12.1. The lowest BCUT2D eigenvalue weighted by Gasteiger charge is -2.12. The molecule has 1 heterocycles. The number of benzene rings is 1. The van der Waals surface area contributed by atoms with Gasteiger partial charge >= 0.3 is 6.09 Å². The molecule has 0 aliphatic heterocycles. The van der Waals surface area contributed by atoms with Crippen LogP contribution in [-0.2, 0) is 11.2 Å². The Morgan fingerprint density at radius 2 is 2.30 bits per heavy atom. The molecular formula is C16H21N3O3S. The summed E-state index contributed by atoms with van der Waals surface area (Å²) in [5.41, 5.74) is 2.17. The Bertz CT molecular complexity index is 684. The first-order valence-electron chi connectivity index (χ1n) is 7.31. The van der Waals surface area contributed by atoms with Gasteiger partial charge in [0, 0.05) is 29.3 Å². The van der Waals surface area contributed by atoms with Crippen LogP contribution in [0.5, 0.6) is 0 Å². The van der Waals surface area contributed by atoms with Gasteiger partial charge in [0.05, 0.1) is 7.11 Å². The van der Waals surface area contributed by atoms with Crippen LogP contribution in [-0.4, -0.2) is 53.7 Å². The third kappa shape index (κ3) is 4.92. The van der Waals surface area contributed by atoms with Crippen molar-refractivity contribution in [3.63, 3.8) is 0 Å². The molecule has 0 radical (unpaired) electrons. The molecule has 1 aromatic heterocycles. The van der Waals surface area contributed by atoms with Crippen molar-refractivity contribution in [2.75, 3.05) is 25.7 Å². The van der Waals surface area contributed by atoms with Crippen LogP contribution in [0.2, 0.25) is 0 Å². The van der Waals surface area contributed by atoms with E-state index < -0.39 is 6.09 Å². The monoisotopic (exact) mass is 335 g/mol. The molecule has 124 valence electrons. The molecule has 2 rings (SSSR count). The van der Waals surface area contributed by atoms with Gasteiger partial charge in [-0.3, -0.25) is 0 Å². The summed E-state index contributed by atoms with van der Waals surface area (Å²) in [6.45, 7) is 0.329. The van der Waals surface area contributed by atoms with Gasteiger partial charge in [-0.2, -0.15) is 11.8 Å². The molecule has 7 heteroatoms. The van der Waals surface area contributed by atoms with Crippen LogP contribution < -0.4 is 5.32 Å². The van der Waals surface area contributed by atoms with E-state index in [0.29, 0.717) is 18.7 Å². The van der Waals surface area contributed by atoms with E-state index in [1.165, 1.54) is 13.3 Å². The maximum Gasteiger partial charge on any atom is 0.407 e. The van der Waals surface area contributed by atoms with Gasteiger partial charge in [0.1, 0.15) is 6.04 Å².